The number of thiocarbonyl (C=S) groups is 1. The summed E-state index contributed by atoms with van der Waals surface area (Å²) >= 11 is 11.6. The maximum Gasteiger partial charge on any atom is 0.279 e. The van der Waals surface area contributed by atoms with Crippen LogP contribution in [0.4, 0.5) is 11.4 Å². The average Bonchev–Trinajstić information content (AvgIpc) is 3.12. The number of sulfonamides is 1. The monoisotopic (exact) mass is 563 g/mol. The van der Waals surface area contributed by atoms with E-state index in [1.165, 1.54) is 18.2 Å². The van der Waals surface area contributed by atoms with Crippen LogP contribution in [0.1, 0.15) is 16.7 Å². The highest BCUT2D eigenvalue weighted by atomic mass is 35.5. The van der Waals surface area contributed by atoms with E-state index in [4.69, 9.17) is 34.7 Å². The first kappa shape index (κ1) is 25.8. The van der Waals surface area contributed by atoms with Crippen molar-refractivity contribution in [2.45, 2.75) is 18.4 Å². The van der Waals surface area contributed by atoms with Gasteiger partial charge < -0.3 is 10.6 Å². The fourth-order valence-electron chi connectivity index (χ4n) is 4.66. The molecule has 4 N–H and O–H groups in total. The molecule has 0 spiro atoms. The Labute approximate surface area is 230 Å². The van der Waals surface area contributed by atoms with Crippen LogP contribution in [0.5, 0.6) is 0 Å². The number of fused-ring (bicyclic) bond motifs is 2. The maximum atomic E-state index is 13.9. The fraction of sp³-hybridized carbons (Fsp3) is 0.0741. The lowest BCUT2D eigenvalue weighted by molar-refractivity contribution is -0.112. The van der Waals surface area contributed by atoms with Gasteiger partial charge in [0.2, 0.25) is 10.0 Å². The minimum atomic E-state index is -4.15. The summed E-state index contributed by atoms with van der Waals surface area (Å²) in [5, 5.41) is 13.2. The molecule has 4 aromatic rings. The SMILES string of the molecule is Cc1cc(Cl)cc2c1N(Cc1cccc3ccccc13)C(=O)/C2=N\N(C(N)=S)c1ccccc1S(N)(=O)=O. The summed E-state index contributed by atoms with van der Waals surface area (Å²) in [4.78, 5) is 15.3. The van der Waals surface area contributed by atoms with E-state index in [9.17, 15) is 13.2 Å². The zero-order chi connectivity index (χ0) is 27.2. The van der Waals surface area contributed by atoms with Gasteiger partial charge in [-0.2, -0.15) is 5.10 Å². The zero-order valence-corrected chi connectivity index (χ0v) is 22.5. The van der Waals surface area contributed by atoms with Gasteiger partial charge >= 0.3 is 0 Å². The standard InChI is InChI=1S/C27H22ClN5O3S2/c1-16-13-19(28)14-21-24(31-33(27(29)37)22-11-4-5-12-23(22)38(30,35)36)26(34)32(25(16)21)15-18-9-6-8-17-7-2-3-10-20(17)18/h2-14H,15H2,1H3,(H2,29,37)(H2,30,35,36)/b31-24-. The number of nitrogens with zero attached hydrogens (tertiary/aromatic N) is 3. The van der Waals surface area contributed by atoms with Gasteiger partial charge in [0.1, 0.15) is 4.90 Å². The Balaban J connectivity index is 1.67. The second-order valence-electron chi connectivity index (χ2n) is 8.76. The second-order valence-corrected chi connectivity index (χ2v) is 11.1. The van der Waals surface area contributed by atoms with Gasteiger partial charge in [-0.05, 0) is 65.3 Å². The molecular formula is C27H22ClN5O3S2. The lowest BCUT2D eigenvalue weighted by atomic mass is 10.0. The molecular weight excluding hydrogens is 542 g/mol. The number of primary sulfonamides is 1. The highest BCUT2D eigenvalue weighted by Gasteiger charge is 2.37. The van der Waals surface area contributed by atoms with Crippen LogP contribution in [0.25, 0.3) is 10.8 Å². The molecule has 0 aromatic heterocycles. The molecule has 4 aromatic carbocycles. The van der Waals surface area contributed by atoms with E-state index in [0.717, 1.165) is 26.9 Å². The summed E-state index contributed by atoms with van der Waals surface area (Å²) in [5.74, 6) is -0.410. The van der Waals surface area contributed by atoms with Crippen LogP contribution < -0.4 is 20.8 Å². The summed E-state index contributed by atoms with van der Waals surface area (Å²) in [6, 6.07) is 23.2. The molecule has 1 amide bonds. The quantitative estimate of drug-likeness (QED) is 0.273. The highest BCUT2D eigenvalue weighted by molar-refractivity contribution is 7.89. The normalized spacial score (nSPS) is 14.2. The summed E-state index contributed by atoms with van der Waals surface area (Å²) in [6.45, 7) is 2.13. The number of anilines is 2. The molecule has 0 saturated heterocycles. The Morgan fingerprint density at radius 1 is 1.05 bits per heavy atom. The molecule has 0 atom stereocenters. The maximum absolute atomic E-state index is 13.9. The van der Waals surface area contributed by atoms with Gasteiger partial charge in [-0.25, -0.2) is 18.6 Å². The van der Waals surface area contributed by atoms with Crippen molar-refractivity contribution in [2.24, 2.45) is 16.0 Å². The fourth-order valence-corrected chi connectivity index (χ4v) is 5.79. The number of para-hydroxylation sites is 1. The molecule has 8 nitrogen and oxygen atoms in total. The first-order chi connectivity index (χ1) is 18.1. The third-order valence-electron chi connectivity index (χ3n) is 6.26. The first-order valence-electron chi connectivity index (χ1n) is 11.5. The molecule has 0 saturated carbocycles. The number of aryl methyl sites for hydroxylation is 1. The Morgan fingerprint density at radius 3 is 2.47 bits per heavy atom. The largest absolute Gasteiger partial charge is 0.374 e. The second kappa shape index (κ2) is 9.80. The van der Waals surface area contributed by atoms with Crippen LogP contribution in [0.15, 0.2) is 88.9 Å². The molecule has 0 bridgehead atoms. The smallest absolute Gasteiger partial charge is 0.279 e. The van der Waals surface area contributed by atoms with Crippen LogP contribution in [-0.4, -0.2) is 25.1 Å². The Bertz CT molecular complexity index is 1770. The number of rotatable bonds is 5. The first-order valence-corrected chi connectivity index (χ1v) is 13.8. The number of nitrogens with two attached hydrogens (primary N) is 2. The molecule has 0 radical (unpaired) electrons. The molecule has 38 heavy (non-hydrogen) atoms. The molecule has 1 heterocycles. The van der Waals surface area contributed by atoms with Gasteiger partial charge in [-0.15, -0.1) is 0 Å². The van der Waals surface area contributed by atoms with Crippen molar-refractivity contribution in [2.75, 3.05) is 9.91 Å². The van der Waals surface area contributed by atoms with Gasteiger partial charge in [-0.1, -0.05) is 66.2 Å². The Morgan fingerprint density at radius 2 is 1.74 bits per heavy atom. The summed E-state index contributed by atoms with van der Waals surface area (Å²) < 4.78 is 24.5. The van der Waals surface area contributed by atoms with Crippen molar-refractivity contribution in [3.8, 4) is 0 Å². The number of amides is 1. The number of hydrogen-bond acceptors (Lipinski definition) is 5. The Hall–Kier alpha value is -3.83. The zero-order valence-electron chi connectivity index (χ0n) is 20.1. The molecule has 0 aliphatic carbocycles. The van der Waals surface area contributed by atoms with E-state index in [1.54, 1.807) is 23.1 Å². The third-order valence-corrected chi connectivity index (χ3v) is 7.60. The molecule has 1 aliphatic rings. The Kier molecular flexibility index (Phi) is 6.66. The minimum Gasteiger partial charge on any atom is -0.374 e. The number of carbonyl (C=O) groups is 1. The molecule has 5 rings (SSSR count). The van der Waals surface area contributed by atoms with Gasteiger partial charge in [0.25, 0.3) is 5.91 Å². The van der Waals surface area contributed by atoms with Crippen LogP contribution in [0.3, 0.4) is 0 Å². The van der Waals surface area contributed by atoms with Crippen LogP contribution in [0.2, 0.25) is 5.02 Å². The lowest BCUT2D eigenvalue weighted by Gasteiger charge is -2.21. The number of hydrazone groups is 1. The topological polar surface area (TPSA) is 122 Å². The van der Waals surface area contributed by atoms with Crippen molar-refractivity contribution in [3.05, 3.63) is 101 Å². The van der Waals surface area contributed by atoms with E-state index in [2.05, 4.69) is 5.10 Å². The van der Waals surface area contributed by atoms with Gasteiger partial charge in [-0.3, -0.25) is 4.79 Å². The lowest BCUT2D eigenvalue weighted by Crippen LogP contribution is -2.36. The van der Waals surface area contributed by atoms with Gasteiger partial charge in [0.05, 0.1) is 17.9 Å². The summed E-state index contributed by atoms with van der Waals surface area (Å²) in [6.07, 6.45) is 0. The van der Waals surface area contributed by atoms with Crippen molar-refractivity contribution < 1.29 is 13.2 Å². The molecule has 0 fully saturated rings. The van der Waals surface area contributed by atoms with Crippen LogP contribution in [0, 0.1) is 6.92 Å². The van der Waals surface area contributed by atoms with Crippen LogP contribution in [-0.2, 0) is 21.4 Å². The predicted molar refractivity (Wildman–Crippen MR) is 155 cm³/mol. The highest BCUT2D eigenvalue weighted by Crippen LogP contribution is 2.38. The van der Waals surface area contributed by atoms with Gasteiger partial charge in [0, 0.05) is 10.6 Å². The number of halogens is 1. The van der Waals surface area contributed by atoms with E-state index in [-0.39, 0.29) is 28.0 Å². The molecule has 0 unspecified atom stereocenters. The molecule has 1 aliphatic heterocycles. The summed E-state index contributed by atoms with van der Waals surface area (Å²) in [7, 11) is -4.15. The van der Waals surface area contributed by atoms with Crippen molar-refractivity contribution in [1.29, 1.82) is 0 Å². The van der Waals surface area contributed by atoms with E-state index in [1.807, 2.05) is 49.4 Å². The van der Waals surface area contributed by atoms with E-state index < -0.39 is 15.9 Å². The number of benzene rings is 4. The third kappa shape index (κ3) is 4.63. The number of carbonyl (C=O) groups excluding carboxylic acids is 1. The van der Waals surface area contributed by atoms with Crippen molar-refractivity contribution in [3.63, 3.8) is 0 Å². The van der Waals surface area contributed by atoms with E-state index in [0.29, 0.717) is 16.3 Å². The van der Waals surface area contributed by atoms with Crippen LogP contribution >= 0.6 is 23.8 Å². The average molecular weight is 564 g/mol. The van der Waals surface area contributed by atoms with Crippen molar-refractivity contribution in [1.82, 2.24) is 0 Å². The summed E-state index contributed by atoms with van der Waals surface area (Å²) in [5.41, 5.74) is 8.86. The van der Waals surface area contributed by atoms with Crippen molar-refractivity contribution >= 4 is 72.7 Å². The predicted octanol–water partition coefficient (Wildman–Crippen LogP) is 4.45. The minimum absolute atomic E-state index is 0.0165. The van der Waals surface area contributed by atoms with E-state index >= 15 is 0 Å². The number of hydrogen-bond donors (Lipinski definition) is 2. The molecule has 11 heteroatoms. The molecule has 192 valence electrons. The van der Waals surface area contributed by atoms with Gasteiger partial charge in [0.15, 0.2) is 10.8 Å².